The van der Waals surface area contributed by atoms with Crippen LogP contribution in [0.1, 0.15) is 22.6 Å². The molecule has 0 radical (unpaired) electrons. The molecule has 4 rings (SSSR count). The molecule has 0 saturated carbocycles. The summed E-state index contributed by atoms with van der Waals surface area (Å²) in [7, 11) is 0. The molecule has 4 aromatic rings. The van der Waals surface area contributed by atoms with Gasteiger partial charge in [0.15, 0.2) is 5.65 Å². The summed E-state index contributed by atoms with van der Waals surface area (Å²) in [6.45, 7) is 4.50. The molecular weight excluding hydrogens is 338 g/mol. The van der Waals surface area contributed by atoms with Crippen molar-refractivity contribution in [3.8, 4) is 0 Å². The SMILES string of the molecule is Cc1nc2c3ccccc3nn2c(C)c1CC(=O)NCCc1ccccn1. The van der Waals surface area contributed by atoms with Gasteiger partial charge in [0.2, 0.25) is 5.91 Å². The minimum atomic E-state index is -0.0185. The fourth-order valence-corrected chi connectivity index (χ4v) is 3.33. The lowest BCUT2D eigenvalue weighted by molar-refractivity contribution is -0.120. The summed E-state index contributed by atoms with van der Waals surface area (Å²) in [5.74, 6) is -0.0185. The average Bonchev–Trinajstić information content (AvgIpc) is 3.05. The summed E-state index contributed by atoms with van der Waals surface area (Å²) in [5, 5.41) is 8.64. The maximum atomic E-state index is 12.4. The minimum absolute atomic E-state index is 0.0185. The van der Waals surface area contributed by atoms with Gasteiger partial charge in [0.1, 0.15) is 0 Å². The molecule has 0 aliphatic heterocycles. The highest BCUT2D eigenvalue weighted by atomic mass is 16.1. The van der Waals surface area contributed by atoms with Crippen LogP contribution in [0.5, 0.6) is 0 Å². The zero-order chi connectivity index (χ0) is 18.8. The largest absolute Gasteiger partial charge is 0.355 e. The minimum Gasteiger partial charge on any atom is -0.355 e. The second-order valence-corrected chi connectivity index (χ2v) is 6.61. The lowest BCUT2D eigenvalue weighted by atomic mass is 10.1. The molecule has 1 aromatic carbocycles. The number of pyridine rings is 1. The van der Waals surface area contributed by atoms with Crippen LogP contribution >= 0.6 is 0 Å². The van der Waals surface area contributed by atoms with Crippen molar-refractivity contribution in [2.75, 3.05) is 6.54 Å². The van der Waals surface area contributed by atoms with E-state index < -0.39 is 0 Å². The normalized spacial score (nSPS) is 11.2. The number of nitrogens with one attached hydrogen (secondary N) is 1. The molecule has 0 fully saturated rings. The molecule has 0 spiro atoms. The first-order chi connectivity index (χ1) is 13.1. The average molecular weight is 359 g/mol. The molecule has 136 valence electrons. The van der Waals surface area contributed by atoms with E-state index in [9.17, 15) is 4.79 Å². The third-order valence-electron chi connectivity index (χ3n) is 4.78. The van der Waals surface area contributed by atoms with Crippen LogP contribution < -0.4 is 5.32 Å². The van der Waals surface area contributed by atoms with Crippen LogP contribution in [0.25, 0.3) is 16.6 Å². The fourth-order valence-electron chi connectivity index (χ4n) is 3.33. The Balaban J connectivity index is 1.53. The summed E-state index contributed by atoms with van der Waals surface area (Å²) < 4.78 is 1.84. The molecule has 1 amide bonds. The number of fused-ring (bicyclic) bond motifs is 3. The molecule has 6 nitrogen and oxygen atoms in total. The third kappa shape index (κ3) is 3.38. The fraction of sp³-hybridized carbons (Fsp3) is 0.238. The van der Waals surface area contributed by atoms with Crippen molar-refractivity contribution in [2.24, 2.45) is 0 Å². The standard InChI is InChI=1S/C21H21N5O/c1-14-18(13-20(27)23-12-10-16-7-5-6-11-22-16)15(2)26-21(24-14)17-8-3-4-9-19(17)25-26/h3-9,11H,10,12-13H2,1-2H3,(H,23,27). The monoisotopic (exact) mass is 359 g/mol. The van der Waals surface area contributed by atoms with Gasteiger partial charge in [-0.25, -0.2) is 9.50 Å². The molecule has 0 atom stereocenters. The Morgan fingerprint density at radius 2 is 1.93 bits per heavy atom. The van der Waals surface area contributed by atoms with Gasteiger partial charge in [-0.15, -0.1) is 0 Å². The third-order valence-corrected chi connectivity index (χ3v) is 4.78. The second-order valence-electron chi connectivity index (χ2n) is 6.61. The first-order valence-corrected chi connectivity index (χ1v) is 9.03. The number of hydrogen-bond acceptors (Lipinski definition) is 4. The van der Waals surface area contributed by atoms with Crippen molar-refractivity contribution < 1.29 is 4.79 Å². The molecule has 0 aliphatic carbocycles. The predicted octanol–water partition coefficient (Wildman–Crippen LogP) is 2.80. The summed E-state index contributed by atoms with van der Waals surface area (Å²) >= 11 is 0. The first-order valence-electron chi connectivity index (χ1n) is 9.03. The van der Waals surface area contributed by atoms with E-state index in [0.29, 0.717) is 19.4 Å². The number of rotatable bonds is 5. The Kier molecular flexibility index (Phi) is 4.54. The van der Waals surface area contributed by atoms with Gasteiger partial charge >= 0.3 is 0 Å². The van der Waals surface area contributed by atoms with Gasteiger partial charge in [0, 0.05) is 47.2 Å². The highest BCUT2D eigenvalue weighted by Gasteiger charge is 2.16. The van der Waals surface area contributed by atoms with Crippen molar-refractivity contribution in [3.63, 3.8) is 0 Å². The Bertz CT molecular complexity index is 1120. The van der Waals surface area contributed by atoms with Gasteiger partial charge < -0.3 is 5.32 Å². The van der Waals surface area contributed by atoms with Crippen LogP contribution in [0.15, 0.2) is 48.7 Å². The first kappa shape index (κ1) is 17.1. The van der Waals surface area contributed by atoms with E-state index in [2.05, 4.69) is 15.4 Å². The molecule has 6 heteroatoms. The number of carbonyl (C=O) groups is 1. The van der Waals surface area contributed by atoms with E-state index in [1.165, 1.54) is 0 Å². The van der Waals surface area contributed by atoms with Crippen molar-refractivity contribution in [2.45, 2.75) is 26.7 Å². The lowest BCUT2D eigenvalue weighted by Gasteiger charge is -2.11. The molecule has 3 heterocycles. The second kappa shape index (κ2) is 7.15. The topological polar surface area (TPSA) is 72.2 Å². The molecular formula is C21H21N5O. The van der Waals surface area contributed by atoms with Gasteiger partial charge in [0.25, 0.3) is 0 Å². The van der Waals surface area contributed by atoms with Crippen LogP contribution in [0.2, 0.25) is 0 Å². The number of aryl methyl sites for hydroxylation is 2. The van der Waals surface area contributed by atoms with Crippen LogP contribution in [0, 0.1) is 13.8 Å². The number of hydrogen-bond donors (Lipinski definition) is 1. The van der Waals surface area contributed by atoms with E-state index in [1.54, 1.807) is 6.20 Å². The van der Waals surface area contributed by atoms with E-state index in [4.69, 9.17) is 4.98 Å². The van der Waals surface area contributed by atoms with E-state index >= 15 is 0 Å². The lowest BCUT2D eigenvalue weighted by Crippen LogP contribution is -2.28. The van der Waals surface area contributed by atoms with Crippen molar-refractivity contribution in [3.05, 3.63) is 71.3 Å². The van der Waals surface area contributed by atoms with Crippen LogP contribution in [-0.2, 0) is 17.6 Å². The summed E-state index contributed by atoms with van der Waals surface area (Å²) in [4.78, 5) is 21.4. The number of nitrogens with zero attached hydrogens (tertiary/aromatic N) is 4. The van der Waals surface area contributed by atoms with Gasteiger partial charge in [0.05, 0.1) is 11.9 Å². The van der Waals surface area contributed by atoms with Gasteiger partial charge in [-0.05, 0) is 38.1 Å². The Morgan fingerprint density at radius 1 is 1.11 bits per heavy atom. The van der Waals surface area contributed by atoms with Crippen molar-refractivity contribution >= 4 is 22.5 Å². The van der Waals surface area contributed by atoms with Gasteiger partial charge in [-0.2, -0.15) is 5.10 Å². The maximum absolute atomic E-state index is 12.4. The Hall–Kier alpha value is -3.28. The molecule has 0 bridgehead atoms. The quantitative estimate of drug-likeness (QED) is 0.595. The number of amides is 1. The number of benzene rings is 1. The maximum Gasteiger partial charge on any atom is 0.224 e. The highest BCUT2D eigenvalue weighted by Crippen LogP contribution is 2.22. The molecule has 0 saturated heterocycles. The number of aromatic nitrogens is 4. The zero-order valence-corrected chi connectivity index (χ0v) is 15.4. The highest BCUT2D eigenvalue weighted by molar-refractivity contribution is 5.92. The van der Waals surface area contributed by atoms with Crippen LogP contribution in [0.3, 0.4) is 0 Å². The Labute approximate surface area is 157 Å². The smallest absolute Gasteiger partial charge is 0.224 e. The molecule has 3 aromatic heterocycles. The van der Waals surface area contributed by atoms with Crippen LogP contribution in [0.4, 0.5) is 0 Å². The Morgan fingerprint density at radius 3 is 2.74 bits per heavy atom. The van der Waals surface area contributed by atoms with E-state index in [0.717, 1.165) is 39.2 Å². The summed E-state index contributed by atoms with van der Waals surface area (Å²) in [6, 6.07) is 13.7. The predicted molar refractivity (Wildman–Crippen MR) is 105 cm³/mol. The van der Waals surface area contributed by atoms with Gasteiger partial charge in [-0.1, -0.05) is 18.2 Å². The zero-order valence-electron chi connectivity index (χ0n) is 15.4. The van der Waals surface area contributed by atoms with Crippen molar-refractivity contribution in [1.82, 2.24) is 24.9 Å². The summed E-state index contributed by atoms with van der Waals surface area (Å²) in [6.07, 6.45) is 2.77. The molecule has 1 N–H and O–H groups in total. The van der Waals surface area contributed by atoms with E-state index in [1.807, 2.05) is 60.8 Å². The van der Waals surface area contributed by atoms with Gasteiger partial charge in [-0.3, -0.25) is 9.78 Å². The summed E-state index contributed by atoms with van der Waals surface area (Å²) in [5.41, 5.74) is 5.45. The molecule has 27 heavy (non-hydrogen) atoms. The molecule has 0 aliphatic rings. The van der Waals surface area contributed by atoms with Crippen molar-refractivity contribution in [1.29, 1.82) is 0 Å². The molecule has 0 unspecified atom stereocenters. The van der Waals surface area contributed by atoms with Crippen LogP contribution in [-0.4, -0.2) is 32.0 Å². The number of carbonyl (C=O) groups excluding carboxylic acids is 1. The van der Waals surface area contributed by atoms with E-state index in [-0.39, 0.29) is 5.91 Å².